The average molecular weight is 358 g/mol. The number of methoxy groups -OCH3 is 1. The number of fused-ring (bicyclic) bond motifs is 2. The molecule has 3 atom stereocenters. The van der Waals surface area contributed by atoms with Gasteiger partial charge in [0.2, 0.25) is 0 Å². The van der Waals surface area contributed by atoms with Crippen LogP contribution in [0.5, 0.6) is 15.9 Å². The largest absolute Gasteiger partial charge is 0.487 e. The second kappa shape index (κ2) is 7.06. The number of hydrogen-bond donors (Lipinski definition) is 1. The van der Waals surface area contributed by atoms with Crippen LogP contribution in [0.3, 0.4) is 0 Å². The maximum absolute atomic E-state index is 12.5. The van der Waals surface area contributed by atoms with Crippen molar-refractivity contribution in [1.82, 2.24) is 10.2 Å². The second-order valence-corrected chi connectivity index (χ2v) is 7.73. The van der Waals surface area contributed by atoms with E-state index in [1.165, 1.54) is 30.8 Å². The van der Waals surface area contributed by atoms with E-state index in [9.17, 15) is 4.79 Å². The van der Waals surface area contributed by atoms with E-state index in [1.54, 1.807) is 7.11 Å². The Morgan fingerprint density at radius 3 is 2.68 bits per heavy atom. The first-order chi connectivity index (χ1) is 12.2. The summed E-state index contributed by atoms with van der Waals surface area (Å²) in [6, 6.07) is 11.3. The fraction of sp³-hybridized carbons (Fsp3) is 0.421. The van der Waals surface area contributed by atoms with Crippen LogP contribution < -0.4 is 14.8 Å². The molecule has 2 aliphatic heterocycles. The van der Waals surface area contributed by atoms with Crippen LogP contribution in [0, 0.1) is 5.92 Å². The second-order valence-electron chi connectivity index (χ2n) is 6.72. The smallest absolute Gasteiger partial charge is 0.251 e. The first-order valence-corrected chi connectivity index (χ1v) is 9.46. The van der Waals surface area contributed by atoms with Crippen LogP contribution in [0.1, 0.15) is 23.2 Å². The average Bonchev–Trinajstić information content (AvgIpc) is 3.21. The van der Waals surface area contributed by atoms with Gasteiger partial charge in [0.05, 0.1) is 7.11 Å². The van der Waals surface area contributed by atoms with Crippen molar-refractivity contribution in [1.29, 1.82) is 0 Å². The number of nitrogens with zero attached hydrogens (tertiary/aromatic N) is 1. The molecule has 0 aliphatic carbocycles. The quantitative estimate of drug-likeness (QED) is 0.890. The number of amides is 1. The van der Waals surface area contributed by atoms with Crippen LogP contribution in [-0.4, -0.2) is 43.6 Å². The summed E-state index contributed by atoms with van der Waals surface area (Å²) in [6.45, 7) is 3.35. The summed E-state index contributed by atoms with van der Waals surface area (Å²) < 4.78 is 10.9. The first kappa shape index (κ1) is 16.4. The molecule has 1 N–H and O–H groups in total. The van der Waals surface area contributed by atoms with Gasteiger partial charge in [-0.3, -0.25) is 4.79 Å². The molecule has 5 nitrogen and oxygen atoms in total. The molecule has 0 radical (unpaired) electrons. The van der Waals surface area contributed by atoms with E-state index in [2.05, 4.69) is 10.2 Å². The number of nitrogens with one attached hydrogen (secondary N) is 1. The van der Waals surface area contributed by atoms with E-state index < -0.39 is 0 Å². The Balaban J connectivity index is 1.35. The molecule has 25 heavy (non-hydrogen) atoms. The number of rotatable bonds is 5. The molecule has 132 valence electrons. The summed E-state index contributed by atoms with van der Waals surface area (Å²) >= 11 is 1.44. The van der Waals surface area contributed by atoms with Crippen LogP contribution in [-0.2, 0) is 0 Å². The predicted octanol–water partition coefficient (Wildman–Crippen LogP) is 3.37. The maximum Gasteiger partial charge on any atom is 0.251 e. The highest BCUT2D eigenvalue weighted by molar-refractivity contribution is 7.15. The van der Waals surface area contributed by atoms with Gasteiger partial charge in [-0.25, -0.2) is 0 Å². The van der Waals surface area contributed by atoms with Crippen LogP contribution in [0.4, 0.5) is 0 Å². The van der Waals surface area contributed by atoms with Crippen LogP contribution in [0.25, 0.3) is 0 Å². The Morgan fingerprint density at radius 2 is 1.96 bits per heavy atom. The number of carbonyl (C=O) groups is 1. The molecule has 2 fully saturated rings. The fourth-order valence-corrected chi connectivity index (χ4v) is 4.38. The number of carbonyl (C=O) groups excluding carboxylic acids is 1. The van der Waals surface area contributed by atoms with Gasteiger partial charge < -0.3 is 19.7 Å². The molecule has 1 aromatic carbocycles. The SMILES string of the molecule is COc1ccc(Oc2ccc(C(=O)NC3CC4CCN(C4)C3)cc2)s1. The van der Waals surface area contributed by atoms with Gasteiger partial charge in [-0.15, -0.1) is 0 Å². The molecule has 2 aromatic rings. The van der Waals surface area contributed by atoms with E-state index in [4.69, 9.17) is 9.47 Å². The van der Waals surface area contributed by atoms with Gasteiger partial charge in [0, 0.05) is 24.7 Å². The zero-order chi connectivity index (χ0) is 17.2. The Bertz CT molecular complexity index is 731. The van der Waals surface area contributed by atoms with Gasteiger partial charge in [-0.1, -0.05) is 11.3 Å². The molecule has 2 aliphatic rings. The highest BCUT2D eigenvalue weighted by atomic mass is 32.1. The lowest BCUT2D eigenvalue weighted by Gasteiger charge is -2.30. The van der Waals surface area contributed by atoms with Crippen molar-refractivity contribution in [3.63, 3.8) is 0 Å². The Labute approximate surface area is 151 Å². The summed E-state index contributed by atoms with van der Waals surface area (Å²) in [5, 5.41) is 4.75. The van der Waals surface area contributed by atoms with Crippen molar-refractivity contribution >= 4 is 17.2 Å². The highest BCUT2D eigenvalue weighted by Gasteiger charge is 2.32. The van der Waals surface area contributed by atoms with Gasteiger partial charge in [0.1, 0.15) is 5.75 Å². The van der Waals surface area contributed by atoms with Gasteiger partial charge in [-0.2, -0.15) is 0 Å². The third-order valence-electron chi connectivity index (χ3n) is 4.89. The normalized spacial score (nSPS) is 24.8. The maximum atomic E-state index is 12.5. The number of thiophene rings is 1. The van der Waals surface area contributed by atoms with E-state index in [0.717, 1.165) is 29.0 Å². The molecular formula is C19H22N2O3S. The first-order valence-electron chi connectivity index (χ1n) is 8.64. The number of hydrogen-bond acceptors (Lipinski definition) is 5. The molecule has 3 heterocycles. The van der Waals surface area contributed by atoms with Crippen molar-refractivity contribution < 1.29 is 14.3 Å². The van der Waals surface area contributed by atoms with Gasteiger partial charge in [0.25, 0.3) is 5.91 Å². The van der Waals surface area contributed by atoms with Crippen molar-refractivity contribution in [3.8, 4) is 15.9 Å². The van der Waals surface area contributed by atoms with E-state index >= 15 is 0 Å². The molecule has 1 aromatic heterocycles. The zero-order valence-corrected chi connectivity index (χ0v) is 15.1. The van der Waals surface area contributed by atoms with Crippen LogP contribution >= 0.6 is 11.3 Å². The monoisotopic (exact) mass is 358 g/mol. The third kappa shape index (κ3) is 3.80. The summed E-state index contributed by atoms with van der Waals surface area (Å²) in [5.41, 5.74) is 0.670. The standard InChI is InChI=1S/C19H22N2O3S/c1-23-17-6-7-18(25-17)24-16-4-2-14(3-5-16)19(22)20-15-10-13-8-9-21(11-13)12-15/h2-7,13,15H,8-12H2,1H3,(H,20,22). The molecule has 3 unspecified atom stereocenters. The molecule has 6 heteroatoms. The molecule has 4 rings (SSSR count). The lowest BCUT2D eigenvalue weighted by atomic mass is 9.96. The lowest BCUT2D eigenvalue weighted by molar-refractivity contribution is 0.0909. The molecule has 2 bridgehead atoms. The van der Waals surface area contributed by atoms with Crippen LogP contribution in [0.15, 0.2) is 36.4 Å². The zero-order valence-electron chi connectivity index (χ0n) is 14.2. The molecule has 0 saturated carbocycles. The summed E-state index contributed by atoms with van der Waals surface area (Å²) in [5.74, 6) is 1.46. The van der Waals surface area contributed by atoms with E-state index in [-0.39, 0.29) is 11.9 Å². The van der Waals surface area contributed by atoms with Gasteiger partial charge in [-0.05, 0) is 61.7 Å². The number of benzene rings is 1. The molecular weight excluding hydrogens is 336 g/mol. The van der Waals surface area contributed by atoms with Crippen molar-refractivity contribution in [2.45, 2.75) is 18.9 Å². The highest BCUT2D eigenvalue weighted by Crippen LogP contribution is 2.34. The Hall–Kier alpha value is -2.05. The lowest BCUT2D eigenvalue weighted by Crippen LogP contribution is -2.46. The predicted molar refractivity (Wildman–Crippen MR) is 97.8 cm³/mol. The minimum Gasteiger partial charge on any atom is -0.487 e. The van der Waals surface area contributed by atoms with E-state index in [0.29, 0.717) is 11.3 Å². The van der Waals surface area contributed by atoms with Crippen molar-refractivity contribution in [2.75, 3.05) is 26.7 Å². The summed E-state index contributed by atoms with van der Waals surface area (Å²) in [6.07, 6.45) is 2.37. The van der Waals surface area contributed by atoms with Crippen LogP contribution in [0.2, 0.25) is 0 Å². The topological polar surface area (TPSA) is 50.8 Å². The fourth-order valence-electron chi connectivity index (χ4n) is 3.69. The number of ether oxygens (including phenoxy) is 2. The number of piperidine rings is 1. The Kier molecular flexibility index (Phi) is 4.63. The Morgan fingerprint density at radius 1 is 1.16 bits per heavy atom. The summed E-state index contributed by atoms with van der Waals surface area (Å²) in [7, 11) is 1.64. The minimum absolute atomic E-state index is 0.00292. The third-order valence-corrected chi connectivity index (χ3v) is 5.82. The van der Waals surface area contributed by atoms with E-state index in [1.807, 2.05) is 36.4 Å². The van der Waals surface area contributed by atoms with Crippen molar-refractivity contribution in [2.24, 2.45) is 5.92 Å². The molecule has 2 saturated heterocycles. The van der Waals surface area contributed by atoms with Gasteiger partial charge in [0.15, 0.2) is 10.1 Å². The van der Waals surface area contributed by atoms with Gasteiger partial charge >= 0.3 is 0 Å². The molecule has 0 spiro atoms. The minimum atomic E-state index is -0.00292. The molecule has 1 amide bonds. The van der Waals surface area contributed by atoms with Crippen molar-refractivity contribution in [3.05, 3.63) is 42.0 Å². The summed E-state index contributed by atoms with van der Waals surface area (Å²) in [4.78, 5) is 14.9.